The second-order valence-corrected chi connectivity index (χ2v) is 11.4. The van der Waals surface area contributed by atoms with Gasteiger partial charge >= 0.3 is 0 Å². The largest absolute Gasteiger partial charge is 0.293 e. The second kappa shape index (κ2) is 9.12. The third-order valence-corrected chi connectivity index (χ3v) is 8.89. The smallest absolute Gasteiger partial charge is 0.260 e. The summed E-state index contributed by atoms with van der Waals surface area (Å²) < 4.78 is 2.04. The molecule has 0 bridgehead atoms. The van der Waals surface area contributed by atoms with Crippen molar-refractivity contribution in [3.05, 3.63) is 160 Å². The van der Waals surface area contributed by atoms with Crippen molar-refractivity contribution in [3.8, 4) is 22.3 Å². The van der Waals surface area contributed by atoms with Gasteiger partial charge in [-0.25, -0.2) is 0 Å². The minimum Gasteiger partial charge on any atom is -0.293 e. The van der Waals surface area contributed by atoms with Crippen LogP contribution in [0.15, 0.2) is 138 Å². The first-order valence-electron chi connectivity index (χ1n) is 14.3. The van der Waals surface area contributed by atoms with Crippen molar-refractivity contribution < 1.29 is 0 Å². The molecular weight excluding hydrogens is 512 g/mol. The average molecular weight is 541 g/mol. The van der Waals surface area contributed by atoms with Crippen molar-refractivity contribution >= 4 is 33.3 Å². The summed E-state index contributed by atoms with van der Waals surface area (Å²) in [6.07, 6.45) is 10.5. The van der Waals surface area contributed by atoms with Crippen molar-refractivity contribution in [1.29, 1.82) is 0 Å². The first-order chi connectivity index (χ1) is 20.5. The van der Waals surface area contributed by atoms with Gasteiger partial charge in [0.15, 0.2) is 0 Å². The summed E-state index contributed by atoms with van der Waals surface area (Å²) in [5.41, 5.74) is 9.87. The summed E-state index contributed by atoms with van der Waals surface area (Å²) in [7, 11) is 0. The van der Waals surface area contributed by atoms with E-state index in [0.717, 1.165) is 66.5 Å². The quantitative estimate of drug-likeness (QED) is 0.210. The maximum Gasteiger partial charge on any atom is 0.260 e. The number of allylic oxidation sites excluding steroid dienone is 5. The lowest BCUT2D eigenvalue weighted by Gasteiger charge is -2.32. The van der Waals surface area contributed by atoms with Gasteiger partial charge in [0.1, 0.15) is 0 Å². The molecule has 6 aromatic rings. The summed E-state index contributed by atoms with van der Waals surface area (Å²) in [6, 6.07) is 35.7. The Balaban J connectivity index is 1.53. The van der Waals surface area contributed by atoms with Gasteiger partial charge < -0.3 is 0 Å². The van der Waals surface area contributed by atoms with Gasteiger partial charge in [-0.15, -0.1) is 0 Å². The molecule has 1 aliphatic heterocycles. The molecule has 0 saturated heterocycles. The van der Waals surface area contributed by atoms with Gasteiger partial charge in [-0.3, -0.25) is 14.3 Å². The van der Waals surface area contributed by atoms with Crippen LogP contribution in [0.5, 0.6) is 0 Å². The fraction of sp³-hybridized carbons (Fsp3) is 0.0769. The van der Waals surface area contributed by atoms with E-state index in [-0.39, 0.29) is 5.56 Å². The Hall–Kier alpha value is -5.28. The Morgan fingerprint density at radius 2 is 1.33 bits per heavy atom. The van der Waals surface area contributed by atoms with Crippen molar-refractivity contribution in [2.75, 3.05) is 0 Å². The third kappa shape index (κ3) is 3.47. The molecule has 4 aromatic carbocycles. The Labute approximate surface area is 244 Å². The standard InChI is InChI=1S/C39H28N2O/c1-25-12-11-19-34-36-35(20-25)40-24-33-31-17-9-10-18-32(31)38(42)41(37(33)36)39(34,2)30-22-28(26-13-5-3-6-14-26)21-29(23-30)27-15-7-4-8-16-27/h3-24H,1-2H3/b12-11-,19-11?,25-12?,25-20?,34-19+,35-20?. The van der Waals surface area contributed by atoms with Gasteiger partial charge in [-0.2, -0.15) is 0 Å². The van der Waals surface area contributed by atoms with Crippen LogP contribution in [0.2, 0.25) is 0 Å². The maximum atomic E-state index is 14.6. The van der Waals surface area contributed by atoms with Crippen molar-refractivity contribution in [3.63, 3.8) is 0 Å². The van der Waals surface area contributed by atoms with E-state index < -0.39 is 5.54 Å². The molecule has 200 valence electrons. The molecule has 2 aliphatic rings. The molecule has 3 nitrogen and oxygen atoms in total. The van der Waals surface area contributed by atoms with E-state index in [2.05, 4.69) is 105 Å². The molecule has 1 unspecified atom stereocenters. The van der Waals surface area contributed by atoms with Crippen LogP contribution < -0.4 is 5.56 Å². The highest BCUT2D eigenvalue weighted by Gasteiger charge is 2.44. The van der Waals surface area contributed by atoms with E-state index >= 15 is 0 Å². The van der Waals surface area contributed by atoms with Crippen molar-refractivity contribution in [2.45, 2.75) is 19.4 Å². The minimum absolute atomic E-state index is 0.0118. The van der Waals surface area contributed by atoms with E-state index in [0.29, 0.717) is 5.39 Å². The lowest BCUT2D eigenvalue weighted by atomic mass is 9.79. The van der Waals surface area contributed by atoms with Crippen LogP contribution in [-0.2, 0) is 5.54 Å². The van der Waals surface area contributed by atoms with Crippen LogP contribution in [-0.4, -0.2) is 9.55 Å². The van der Waals surface area contributed by atoms with E-state index in [4.69, 9.17) is 4.98 Å². The molecule has 3 heteroatoms. The molecule has 0 N–H and O–H groups in total. The first-order valence-corrected chi connectivity index (χ1v) is 14.3. The number of rotatable bonds is 3. The van der Waals surface area contributed by atoms with Crippen LogP contribution in [0, 0.1) is 0 Å². The van der Waals surface area contributed by atoms with Crippen molar-refractivity contribution in [2.24, 2.45) is 0 Å². The van der Waals surface area contributed by atoms with Crippen molar-refractivity contribution in [1.82, 2.24) is 9.55 Å². The first kappa shape index (κ1) is 24.5. The summed E-state index contributed by atoms with van der Waals surface area (Å²) in [5.74, 6) is 0. The molecule has 8 rings (SSSR count). The number of hydrogen-bond donors (Lipinski definition) is 0. The van der Waals surface area contributed by atoms with Gasteiger partial charge in [-0.05, 0) is 88.5 Å². The average Bonchev–Trinajstić information content (AvgIpc) is 3.30. The van der Waals surface area contributed by atoms with Crippen LogP contribution in [0.4, 0.5) is 0 Å². The topological polar surface area (TPSA) is 34.9 Å². The monoisotopic (exact) mass is 540 g/mol. The Bertz CT molecular complexity index is 2160. The summed E-state index contributed by atoms with van der Waals surface area (Å²) in [5, 5.41) is 2.64. The zero-order valence-corrected chi connectivity index (χ0v) is 23.5. The highest BCUT2D eigenvalue weighted by atomic mass is 16.1. The van der Waals surface area contributed by atoms with Gasteiger partial charge in [0, 0.05) is 22.5 Å². The molecule has 3 heterocycles. The predicted octanol–water partition coefficient (Wildman–Crippen LogP) is 9.02. The number of nitrogens with zero attached hydrogens (tertiary/aromatic N) is 2. The highest BCUT2D eigenvalue weighted by Crippen LogP contribution is 2.51. The van der Waals surface area contributed by atoms with E-state index in [1.54, 1.807) is 0 Å². The third-order valence-electron chi connectivity index (χ3n) is 8.89. The summed E-state index contributed by atoms with van der Waals surface area (Å²) in [6.45, 7) is 4.29. The number of benzene rings is 4. The number of pyridine rings is 2. The van der Waals surface area contributed by atoms with Gasteiger partial charge in [-0.1, -0.05) is 97.1 Å². The minimum atomic E-state index is -0.781. The second-order valence-electron chi connectivity index (χ2n) is 11.4. The normalized spacial score (nSPS) is 19.2. The zero-order chi connectivity index (χ0) is 28.4. The van der Waals surface area contributed by atoms with Crippen LogP contribution in [0.3, 0.4) is 0 Å². The van der Waals surface area contributed by atoms with E-state index in [1.807, 2.05) is 47.2 Å². The lowest BCUT2D eigenvalue weighted by Crippen LogP contribution is -2.37. The molecule has 1 aliphatic carbocycles. The predicted molar refractivity (Wildman–Crippen MR) is 174 cm³/mol. The van der Waals surface area contributed by atoms with Gasteiger partial charge in [0.25, 0.3) is 5.56 Å². The van der Waals surface area contributed by atoms with Gasteiger partial charge in [0.2, 0.25) is 0 Å². The summed E-state index contributed by atoms with van der Waals surface area (Å²) >= 11 is 0. The fourth-order valence-electron chi connectivity index (χ4n) is 6.83. The molecule has 0 saturated carbocycles. The molecule has 1 atom stereocenters. The van der Waals surface area contributed by atoms with E-state index in [1.165, 1.54) is 0 Å². The number of hydrogen-bond acceptors (Lipinski definition) is 2. The molecule has 0 amide bonds. The summed E-state index contributed by atoms with van der Waals surface area (Å²) in [4.78, 5) is 19.6. The Morgan fingerprint density at radius 1 is 0.714 bits per heavy atom. The molecule has 42 heavy (non-hydrogen) atoms. The zero-order valence-electron chi connectivity index (χ0n) is 23.5. The fourth-order valence-corrected chi connectivity index (χ4v) is 6.83. The van der Waals surface area contributed by atoms with Crippen LogP contribution in [0.1, 0.15) is 30.7 Å². The molecule has 0 radical (unpaired) electrons. The SMILES string of the molecule is CC1=Cc2ncc3c4ccccc4c(=O)n4c3c2/C(=C\C=C/1)C4(C)c1cc(-c2ccccc2)cc(-c2ccccc2)c1. The number of fused-ring (bicyclic) bond motifs is 2. The molecule has 0 fully saturated rings. The van der Waals surface area contributed by atoms with E-state index in [9.17, 15) is 4.79 Å². The molecule has 0 spiro atoms. The number of aromatic nitrogens is 2. The van der Waals surface area contributed by atoms with Crippen LogP contribution in [0.25, 0.3) is 55.6 Å². The Morgan fingerprint density at radius 3 is 2.00 bits per heavy atom. The van der Waals surface area contributed by atoms with Gasteiger partial charge in [0.05, 0.1) is 16.7 Å². The highest BCUT2D eigenvalue weighted by molar-refractivity contribution is 6.12. The Kier molecular flexibility index (Phi) is 5.32. The lowest BCUT2D eigenvalue weighted by molar-refractivity contribution is 0.532. The molecule has 2 aromatic heterocycles. The maximum absolute atomic E-state index is 14.6. The molecular formula is C39H28N2O. The van der Waals surface area contributed by atoms with Crippen LogP contribution >= 0.6 is 0 Å².